The van der Waals surface area contributed by atoms with Crippen LogP contribution < -0.4 is 5.48 Å². The molecule has 0 aliphatic carbocycles. The van der Waals surface area contributed by atoms with Crippen LogP contribution in [0, 0.1) is 5.82 Å². The summed E-state index contributed by atoms with van der Waals surface area (Å²) in [7, 11) is 0. The van der Waals surface area contributed by atoms with E-state index in [0.717, 1.165) is 0 Å². The summed E-state index contributed by atoms with van der Waals surface area (Å²) in [4.78, 5) is 25.0. The first-order valence-corrected chi connectivity index (χ1v) is 7.65. The van der Waals surface area contributed by atoms with E-state index in [1.54, 1.807) is 23.1 Å². The second kappa shape index (κ2) is 7.51. The van der Waals surface area contributed by atoms with Gasteiger partial charge >= 0.3 is 0 Å². The summed E-state index contributed by atoms with van der Waals surface area (Å²) in [6, 6.07) is 4.74. The normalized spacial score (nSPS) is 14.8. The van der Waals surface area contributed by atoms with Gasteiger partial charge in [-0.05, 0) is 25.0 Å². The van der Waals surface area contributed by atoms with Gasteiger partial charge < -0.3 is 4.90 Å². The molecule has 1 aliphatic rings. The van der Waals surface area contributed by atoms with Gasteiger partial charge in [0.05, 0.1) is 0 Å². The lowest BCUT2D eigenvalue weighted by Crippen LogP contribution is -2.35. The molecule has 2 N–H and O–H groups in total. The number of rotatable bonds is 5. The first-order valence-electron chi connectivity index (χ1n) is 6.86. The van der Waals surface area contributed by atoms with Gasteiger partial charge in [-0.3, -0.25) is 14.8 Å². The Morgan fingerprint density at radius 1 is 1.45 bits per heavy atom. The molecule has 0 saturated carbocycles. The quantitative estimate of drug-likeness (QED) is 0.618. The topological polar surface area (TPSA) is 69.6 Å². The van der Waals surface area contributed by atoms with Crippen molar-refractivity contribution in [2.75, 3.05) is 6.54 Å². The van der Waals surface area contributed by atoms with Crippen molar-refractivity contribution in [1.82, 2.24) is 10.4 Å². The fraction of sp³-hybridized carbons (Fsp3) is 0.333. The van der Waals surface area contributed by atoms with E-state index in [0.29, 0.717) is 28.6 Å². The molecule has 0 bridgehead atoms. The third kappa shape index (κ3) is 4.14. The molecule has 1 aromatic rings. The number of nitrogens with one attached hydrogen (secondary N) is 1. The number of benzene rings is 1. The van der Waals surface area contributed by atoms with Gasteiger partial charge in [-0.1, -0.05) is 28.1 Å². The minimum atomic E-state index is -0.537. The van der Waals surface area contributed by atoms with E-state index in [-0.39, 0.29) is 31.1 Å². The van der Waals surface area contributed by atoms with Crippen LogP contribution in [-0.4, -0.2) is 28.5 Å². The Hall–Kier alpha value is -1.73. The minimum absolute atomic E-state index is 0.0363. The molecule has 0 fully saturated rings. The average Bonchev–Trinajstić information content (AvgIpc) is 2.50. The van der Waals surface area contributed by atoms with Gasteiger partial charge in [-0.25, -0.2) is 9.87 Å². The zero-order valence-corrected chi connectivity index (χ0v) is 13.4. The first-order chi connectivity index (χ1) is 10.5. The molecule has 0 unspecified atom stereocenters. The molecular weight excluding hydrogens is 355 g/mol. The number of hydrogen-bond donors (Lipinski definition) is 2. The number of carbonyl (C=O) groups excluding carboxylic acids is 2. The van der Waals surface area contributed by atoms with Gasteiger partial charge in [0.25, 0.3) is 0 Å². The van der Waals surface area contributed by atoms with Crippen molar-refractivity contribution < 1.29 is 19.2 Å². The Bertz CT molecular complexity index is 619. The summed E-state index contributed by atoms with van der Waals surface area (Å²) >= 11 is 3.20. The fourth-order valence-corrected chi connectivity index (χ4v) is 2.64. The number of carbonyl (C=O) groups is 2. The lowest BCUT2D eigenvalue weighted by Gasteiger charge is -2.27. The average molecular weight is 371 g/mol. The van der Waals surface area contributed by atoms with E-state index < -0.39 is 5.91 Å². The summed E-state index contributed by atoms with van der Waals surface area (Å²) in [6.45, 7) is 0.714. The maximum atomic E-state index is 13.9. The van der Waals surface area contributed by atoms with Gasteiger partial charge in [0.15, 0.2) is 0 Å². The molecule has 7 heteroatoms. The van der Waals surface area contributed by atoms with Gasteiger partial charge in [-0.15, -0.1) is 0 Å². The molecule has 0 atom stereocenters. The molecule has 2 amide bonds. The highest BCUT2D eigenvalue weighted by Gasteiger charge is 2.23. The van der Waals surface area contributed by atoms with Crippen LogP contribution in [0.15, 0.2) is 34.3 Å². The molecule has 0 radical (unpaired) electrons. The van der Waals surface area contributed by atoms with Crippen molar-refractivity contribution in [3.63, 3.8) is 0 Å². The molecule has 118 valence electrons. The molecule has 5 nitrogen and oxygen atoms in total. The Morgan fingerprint density at radius 2 is 2.23 bits per heavy atom. The zero-order valence-electron chi connectivity index (χ0n) is 11.8. The molecule has 2 rings (SSSR count). The van der Waals surface area contributed by atoms with Gasteiger partial charge in [0.2, 0.25) is 11.8 Å². The van der Waals surface area contributed by atoms with E-state index in [4.69, 9.17) is 5.21 Å². The standard InChI is InChI=1S/C15H16BrFN2O3/c16-12-5-3-11(13(17)8-12)9-19-7-1-2-10(15(19)21)4-6-14(20)18-22/h2-3,5,8,22H,1,4,6-7,9H2,(H,18,20). The van der Waals surface area contributed by atoms with Crippen LogP contribution in [0.4, 0.5) is 4.39 Å². The molecule has 0 aromatic heterocycles. The molecule has 1 aliphatic heterocycles. The van der Waals surface area contributed by atoms with Crippen LogP contribution in [0.2, 0.25) is 0 Å². The van der Waals surface area contributed by atoms with Crippen molar-refractivity contribution in [2.45, 2.75) is 25.8 Å². The van der Waals surface area contributed by atoms with E-state index in [9.17, 15) is 14.0 Å². The second-order valence-electron chi connectivity index (χ2n) is 5.02. The largest absolute Gasteiger partial charge is 0.334 e. The summed E-state index contributed by atoms with van der Waals surface area (Å²) in [5, 5.41) is 8.47. The van der Waals surface area contributed by atoms with E-state index in [1.165, 1.54) is 11.5 Å². The Labute approximate surface area is 135 Å². The van der Waals surface area contributed by atoms with Gasteiger partial charge in [-0.2, -0.15) is 0 Å². The van der Waals surface area contributed by atoms with Crippen LogP contribution in [0.25, 0.3) is 0 Å². The van der Waals surface area contributed by atoms with E-state index in [2.05, 4.69) is 15.9 Å². The summed E-state index contributed by atoms with van der Waals surface area (Å²) in [5.41, 5.74) is 2.51. The molecule has 0 saturated heterocycles. The predicted octanol–water partition coefficient (Wildman–Crippen LogP) is 2.53. The van der Waals surface area contributed by atoms with Crippen LogP contribution in [0.1, 0.15) is 24.8 Å². The number of nitrogens with zero attached hydrogens (tertiary/aromatic N) is 1. The fourth-order valence-electron chi connectivity index (χ4n) is 2.31. The Morgan fingerprint density at radius 3 is 2.91 bits per heavy atom. The predicted molar refractivity (Wildman–Crippen MR) is 81.4 cm³/mol. The molecule has 1 heterocycles. The lowest BCUT2D eigenvalue weighted by atomic mass is 10.0. The molecule has 1 aromatic carbocycles. The van der Waals surface area contributed by atoms with Crippen molar-refractivity contribution in [3.05, 3.63) is 45.7 Å². The second-order valence-corrected chi connectivity index (χ2v) is 5.93. The van der Waals surface area contributed by atoms with E-state index >= 15 is 0 Å². The van der Waals surface area contributed by atoms with Gasteiger partial charge in [0, 0.05) is 35.1 Å². The summed E-state index contributed by atoms with van der Waals surface area (Å²) < 4.78 is 14.5. The molecule has 22 heavy (non-hydrogen) atoms. The maximum absolute atomic E-state index is 13.9. The number of hydrogen-bond acceptors (Lipinski definition) is 3. The van der Waals surface area contributed by atoms with Crippen LogP contribution >= 0.6 is 15.9 Å². The maximum Gasteiger partial charge on any atom is 0.249 e. The summed E-state index contributed by atoms with van der Waals surface area (Å²) in [5.74, 6) is -1.10. The highest BCUT2D eigenvalue weighted by atomic mass is 79.9. The van der Waals surface area contributed by atoms with Crippen molar-refractivity contribution in [1.29, 1.82) is 0 Å². The highest BCUT2D eigenvalue weighted by molar-refractivity contribution is 9.10. The van der Waals surface area contributed by atoms with Crippen LogP contribution in [0.3, 0.4) is 0 Å². The molecular formula is C15H16BrFN2O3. The van der Waals surface area contributed by atoms with Crippen LogP contribution in [0.5, 0.6) is 0 Å². The van der Waals surface area contributed by atoms with Crippen molar-refractivity contribution in [2.24, 2.45) is 0 Å². The Kier molecular flexibility index (Phi) is 5.68. The minimum Gasteiger partial charge on any atom is -0.334 e. The van der Waals surface area contributed by atoms with Crippen molar-refractivity contribution >= 4 is 27.7 Å². The molecule has 0 spiro atoms. The van der Waals surface area contributed by atoms with E-state index in [1.807, 2.05) is 0 Å². The highest BCUT2D eigenvalue weighted by Crippen LogP contribution is 2.21. The summed E-state index contributed by atoms with van der Waals surface area (Å²) in [6.07, 6.45) is 2.75. The zero-order chi connectivity index (χ0) is 16.1. The third-order valence-electron chi connectivity index (χ3n) is 3.47. The van der Waals surface area contributed by atoms with Gasteiger partial charge in [0.1, 0.15) is 5.82 Å². The third-order valence-corrected chi connectivity index (χ3v) is 3.97. The number of amides is 2. The number of halogens is 2. The monoisotopic (exact) mass is 370 g/mol. The van der Waals surface area contributed by atoms with Crippen LogP contribution in [-0.2, 0) is 16.1 Å². The lowest BCUT2D eigenvalue weighted by molar-refractivity contribution is -0.129. The SMILES string of the molecule is O=C(CCC1=CCCN(Cc2ccc(Br)cc2F)C1=O)NO. The Balaban J connectivity index is 2.02. The first kappa shape index (κ1) is 16.6. The van der Waals surface area contributed by atoms with Crippen molar-refractivity contribution in [3.8, 4) is 0 Å². The number of hydroxylamine groups is 1. The smallest absolute Gasteiger partial charge is 0.249 e.